The summed E-state index contributed by atoms with van der Waals surface area (Å²) in [5, 5.41) is 5.26. The first-order valence-electron chi connectivity index (χ1n) is 28.9. The molecule has 83 heavy (non-hydrogen) atoms. The van der Waals surface area contributed by atoms with Crippen molar-refractivity contribution >= 4 is 21.5 Å². The predicted molar refractivity (Wildman–Crippen MR) is 362 cm³/mol. The molecule has 1 aliphatic rings. The molecule has 410 valence electrons. The van der Waals surface area contributed by atoms with Gasteiger partial charge in [0.15, 0.2) is 0 Å². The highest BCUT2D eigenvalue weighted by Gasteiger charge is 2.34. The van der Waals surface area contributed by atoms with Gasteiger partial charge in [0.1, 0.15) is 0 Å². The van der Waals surface area contributed by atoms with E-state index in [0.717, 1.165) is 0 Å². The van der Waals surface area contributed by atoms with Crippen LogP contribution in [-0.4, -0.2) is 0 Å². The number of benzene rings is 13. The molecule has 13 aromatic carbocycles. The second-order valence-electron chi connectivity index (χ2n) is 21.7. The fourth-order valence-corrected chi connectivity index (χ4v) is 10.1. The maximum atomic E-state index is 2.33. The highest BCUT2D eigenvalue weighted by molar-refractivity contribution is 5.84. The molecule has 0 saturated heterocycles. The minimum atomic E-state index is 0.151. The lowest BCUT2D eigenvalue weighted by atomic mass is 9.82. The molecule has 0 heteroatoms. The minimum absolute atomic E-state index is 0.151. The third-order valence-corrected chi connectivity index (χ3v) is 14.8. The van der Waals surface area contributed by atoms with Gasteiger partial charge in [-0.15, -0.1) is 0 Å². The first-order valence-corrected chi connectivity index (χ1v) is 28.9. The van der Waals surface area contributed by atoms with Crippen LogP contribution in [0.1, 0.15) is 58.4 Å². The van der Waals surface area contributed by atoms with E-state index >= 15 is 0 Å². The second kappa shape index (κ2) is 30.3. The van der Waals surface area contributed by atoms with Gasteiger partial charge in [0.05, 0.1) is 0 Å². The van der Waals surface area contributed by atoms with Crippen molar-refractivity contribution in [2.75, 3.05) is 0 Å². The highest BCUT2D eigenvalue weighted by atomic mass is 14.4. The summed E-state index contributed by atoms with van der Waals surface area (Å²) >= 11 is 0. The molecule has 0 amide bonds. The van der Waals surface area contributed by atoms with E-state index in [-0.39, 0.29) is 5.41 Å². The standard InChI is InChI=1S/C16H16.3C13H12.C11H10.C10H8.C7H8/c1-11-8-9-13-12-6-4-5-7-14(12)16(2,3)15(13)10-11;1-11-7-5-6-10-13(11)12-8-3-2-4-9-12;1-11-6-5-9-13(10-11)12-7-3-2-4-8-12;1-11-7-9-13(10-8-11)12-5-3-2-4-6-12;1-9-6-7-10-4-2-3-5-11(10)8-9;1-2-6-10-8-4-3-7-9(10)5-1;1-7-5-3-2-4-6-7/h4-10H,1-3H3;3*2-10H,1H3;2-8H,1H3;1-8H;2-6H,1H3. The Morgan fingerprint density at radius 1 is 0.193 bits per heavy atom. The number of hydrogen-bond donors (Lipinski definition) is 0. The first-order chi connectivity index (χ1) is 40.4. The van der Waals surface area contributed by atoms with E-state index in [1.807, 2.05) is 36.4 Å². The molecule has 0 aromatic heterocycles. The van der Waals surface area contributed by atoms with Crippen molar-refractivity contribution in [3.63, 3.8) is 0 Å². The zero-order valence-corrected chi connectivity index (χ0v) is 49.7. The summed E-state index contributed by atoms with van der Waals surface area (Å²) < 4.78 is 0. The lowest BCUT2D eigenvalue weighted by Gasteiger charge is -2.21. The van der Waals surface area contributed by atoms with Gasteiger partial charge >= 0.3 is 0 Å². The van der Waals surface area contributed by atoms with Gasteiger partial charge in [0.25, 0.3) is 0 Å². The largest absolute Gasteiger partial charge is 0.0622 e. The van der Waals surface area contributed by atoms with E-state index in [2.05, 4.69) is 347 Å². The van der Waals surface area contributed by atoms with E-state index in [0.29, 0.717) is 0 Å². The molecular weight excluding hydrogens is 997 g/mol. The number of fused-ring (bicyclic) bond motifs is 5. The maximum absolute atomic E-state index is 2.33. The predicted octanol–water partition coefficient (Wildman–Crippen LogP) is 23.3. The molecule has 0 saturated carbocycles. The molecule has 0 radical (unpaired) electrons. The van der Waals surface area contributed by atoms with Gasteiger partial charge in [-0.2, -0.15) is 0 Å². The van der Waals surface area contributed by atoms with Gasteiger partial charge in [0.2, 0.25) is 0 Å². The van der Waals surface area contributed by atoms with Crippen LogP contribution in [0.25, 0.3) is 66.1 Å². The molecule has 0 nitrogen and oxygen atoms in total. The van der Waals surface area contributed by atoms with E-state index in [1.165, 1.54) is 111 Å². The molecule has 0 fully saturated rings. The molecule has 0 aliphatic heterocycles. The molecule has 0 unspecified atom stereocenters. The van der Waals surface area contributed by atoms with Crippen molar-refractivity contribution in [2.24, 2.45) is 0 Å². The third kappa shape index (κ3) is 17.4. The molecule has 0 heterocycles. The van der Waals surface area contributed by atoms with Gasteiger partial charge in [-0.25, -0.2) is 0 Å². The van der Waals surface area contributed by atoms with Crippen LogP contribution in [-0.2, 0) is 5.41 Å². The van der Waals surface area contributed by atoms with Crippen LogP contribution in [0.2, 0.25) is 0 Å². The summed E-state index contributed by atoms with van der Waals surface area (Å²) in [6.45, 7) is 17.4. The monoisotopic (exact) mass is 1070 g/mol. The zero-order valence-electron chi connectivity index (χ0n) is 49.7. The van der Waals surface area contributed by atoms with Crippen LogP contribution in [0, 0.1) is 41.5 Å². The summed E-state index contributed by atoms with van der Waals surface area (Å²) in [4.78, 5) is 0. The van der Waals surface area contributed by atoms with Crippen LogP contribution >= 0.6 is 0 Å². The maximum Gasteiger partial charge on any atom is 0.0158 e. The number of aryl methyl sites for hydroxylation is 6. The Balaban J connectivity index is 0.000000128. The summed E-state index contributed by atoms with van der Waals surface area (Å²) in [5.74, 6) is 0. The number of rotatable bonds is 3. The summed E-state index contributed by atoms with van der Waals surface area (Å²) in [5.41, 5.74) is 21.6. The van der Waals surface area contributed by atoms with Crippen LogP contribution < -0.4 is 0 Å². The molecule has 0 bridgehead atoms. The Labute approximate surface area is 496 Å². The van der Waals surface area contributed by atoms with Crippen molar-refractivity contribution in [2.45, 2.75) is 60.8 Å². The summed E-state index contributed by atoms with van der Waals surface area (Å²) in [7, 11) is 0. The second-order valence-corrected chi connectivity index (χ2v) is 21.7. The molecule has 13 aromatic rings. The Morgan fingerprint density at radius 3 is 1.07 bits per heavy atom. The average molecular weight is 1080 g/mol. The van der Waals surface area contributed by atoms with Gasteiger partial charge < -0.3 is 0 Å². The average Bonchev–Trinajstić information content (AvgIpc) is 2.48. The Hall–Kier alpha value is -9.62. The molecule has 0 N–H and O–H groups in total. The van der Waals surface area contributed by atoms with E-state index in [9.17, 15) is 0 Å². The Bertz CT molecular complexity index is 3960. The van der Waals surface area contributed by atoms with Gasteiger partial charge in [-0.05, 0) is 124 Å². The molecule has 0 spiro atoms. The normalized spacial score (nSPS) is 11.0. The summed E-state index contributed by atoms with van der Waals surface area (Å²) in [6, 6.07) is 114. The Morgan fingerprint density at radius 2 is 0.542 bits per heavy atom. The molecule has 1 aliphatic carbocycles. The van der Waals surface area contributed by atoms with Gasteiger partial charge in [0, 0.05) is 5.41 Å². The fraction of sp³-hybridized carbons (Fsp3) is 0.108. The quantitative estimate of drug-likeness (QED) is 0.165. The van der Waals surface area contributed by atoms with Crippen molar-refractivity contribution in [1.82, 2.24) is 0 Å². The molecule has 0 atom stereocenters. The lowest BCUT2D eigenvalue weighted by molar-refractivity contribution is 0.660. The molecule has 14 rings (SSSR count). The van der Waals surface area contributed by atoms with E-state index in [1.54, 1.807) is 0 Å². The van der Waals surface area contributed by atoms with Crippen molar-refractivity contribution in [3.8, 4) is 44.5 Å². The summed E-state index contributed by atoms with van der Waals surface area (Å²) in [6.07, 6.45) is 0. The van der Waals surface area contributed by atoms with Crippen molar-refractivity contribution in [3.05, 3.63) is 372 Å². The van der Waals surface area contributed by atoms with Crippen LogP contribution in [0.4, 0.5) is 0 Å². The molecular formula is C83H78. The Kier molecular flexibility index (Phi) is 21.7. The number of hydrogen-bond acceptors (Lipinski definition) is 0. The SMILES string of the molecule is Cc1ccc(-c2ccccc2)cc1.Cc1ccc2c(c1)C(C)(C)c1ccccc1-2.Cc1ccc2ccccc2c1.Cc1cccc(-c2ccccc2)c1.Cc1ccccc1.Cc1ccccc1-c1ccccc1.c1ccc2ccccc2c1. The highest BCUT2D eigenvalue weighted by Crippen LogP contribution is 2.48. The topological polar surface area (TPSA) is 0 Å². The van der Waals surface area contributed by atoms with Crippen LogP contribution in [0.15, 0.2) is 328 Å². The third-order valence-electron chi connectivity index (χ3n) is 14.8. The van der Waals surface area contributed by atoms with E-state index < -0.39 is 0 Å². The lowest BCUT2D eigenvalue weighted by Crippen LogP contribution is -2.14. The first kappa shape index (κ1) is 59.5. The van der Waals surface area contributed by atoms with Crippen molar-refractivity contribution in [1.29, 1.82) is 0 Å². The van der Waals surface area contributed by atoms with Crippen LogP contribution in [0.5, 0.6) is 0 Å². The van der Waals surface area contributed by atoms with Gasteiger partial charge in [-0.1, -0.05) is 369 Å². The zero-order chi connectivity index (χ0) is 58.2. The van der Waals surface area contributed by atoms with Gasteiger partial charge in [-0.3, -0.25) is 0 Å². The minimum Gasteiger partial charge on any atom is -0.0622 e. The smallest absolute Gasteiger partial charge is 0.0158 e. The van der Waals surface area contributed by atoms with E-state index in [4.69, 9.17) is 0 Å². The fourth-order valence-electron chi connectivity index (χ4n) is 10.1. The van der Waals surface area contributed by atoms with Crippen LogP contribution in [0.3, 0.4) is 0 Å². The van der Waals surface area contributed by atoms with Crippen molar-refractivity contribution < 1.29 is 0 Å².